The van der Waals surface area contributed by atoms with Crippen molar-refractivity contribution < 1.29 is 4.74 Å². The molecule has 0 unspecified atom stereocenters. The number of benzene rings is 2. The van der Waals surface area contributed by atoms with E-state index in [0.29, 0.717) is 11.7 Å². The third-order valence-electron chi connectivity index (χ3n) is 4.08. The molecule has 3 nitrogen and oxygen atoms in total. The van der Waals surface area contributed by atoms with Crippen LogP contribution in [-0.4, -0.2) is 12.1 Å². The fraction of sp³-hybridized carbons (Fsp3) is 0.250. The Bertz CT molecular complexity index is 860. The third-order valence-corrected chi connectivity index (χ3v) is 4.41. The number of rotatable bonds is 5. The van der Waals surface area contributed by atoms with Crippen LogP contribution in [0, 0.1) is 13.8 Å². The van der Waals surface area contributed by atoms with Gasteiger partial charge in [0.1, 0.15) is 10.9 Å². The predicted molar refractivity (Wildman–Crippen MR) is 99.8 cm³/mol. The van der Waals surface area contributed by atoms with Gasteiger partial charge in [-0.2, -0.15) is 0 Å². The molecule has 0 aliphatic heterocycles. The second-order valence-corrected chi connectivity index (χ2v) is 6.40. The van der Waals surface area contributed by atoms with Crippen molar-refractivity contribution in [2.75, 3.05) is 7.11 Å². The average Bonchev–Trinajstić information content (AvgIpc) is 2.57. The monoisotopic (exact) mass is 340 g/mol. The third kappa shape index (κ3) is 3.69. The normalized spacial score (nSPS) is 11.0. The first-order chi connectivity index (χ1) is 11.6. The van der Waals surface area contributed by atoms with Crippen LogP contribution in [-0.2, 0) is 13.1 Å². The number of methoxy groups -OCH3 is 1. The second kappa shape index (κ2) is 7.20. The first kappa shape index (κ1) is 16.7. The highest BCUT2D eigenvalue weighted by Crippen LogP contribution is 2.24. The number of hydrogen-bond donors (Lipinski definition) is 1. The van der Waals surface area contributed by atoms with E-state index in [9.17, 15) is 0 Å². The zero-order valence-corrected chi connectivity index (χ0v) is 14.9. The smallest absolute Gasteiger partial charge is 0.134 e. The number of pyridine rings is 1. The maximum absolute atomic E-state index is 6.37. The van der Waals surface area contributed by atoms with Crippen molar-refractivity contribution in [2.24, 2.45) is 0 Å². The lowest BCUT2D eigenvalue weighted by Crippen LogP contribution is -2.13. The molecule has 0 amide bonds. The summed E-state index contributed by atoms with van der Waals surface area (Å²) in [6.07, 6.45) is 0. The van der Waals surface area contributed by atoms with Gasteiger partial charge < -0.3 is 10.1 Å². The lowest BCUT2D eigenvalue weighted by Gasteiger charge is -2.10. The first-order valence-electron chi connectivity index (χ1n) is 7.97. The number of hydrogen-bond acceptors (Lipinski definition) is 3. The molecule has 1 heterocycles. The number of aromatic nitrogens is 1. The van der Waals surface area contributed by atoms with Crippen molar-refractivity contribution in [2.45, 2.75) is 26.9 Å². The summed E-state index contributed by atoms with van der Waals surface area (Å²) >= 11 is 6.37. The molecule has 1 aromatic heterocycles. The Balaban J connectivity index is 1.73. The van der Waals surface area contributed by atoms with Gasteiger partial charge in [0.05, 0.1) is 12.6 Å². The molecule has 0 saturated heterocycles. The van der Waals surface area contributed by atoms with Crippen molar-refractivity contribution >= 4 is 22.5 Å². The van der Waals surface area contributed by atoms with Gasteiger partial charge in [-0.3, -0.25) is 0 Å². The lowest BCUT2D eigenvalue weighted by molar-refractivity contribution is 0.414. The highest BCUT2D eigenvalue weighted by Gasteiger charge is 2.07. The molecule has 4 heteroatoms. The zero-order chi connectivity index (χ0) is 17.1. The van der Waals surface area contributed by atoms with E-state index >= 15 is 0 Å². The van der Waals surface area contributed by atoms with Crippen LogP contribution in [0.15, 0.2) is 42.5 Å². The fourth-order valence-electron chi connectivity index (χ4n) is 2.88. The van der Waals surface area contributed by atoms with E-state index < -0.39 is 0 Å². The minimum atomic E-state index is 0.566. The predicted octanol–water partition coefficient (Wildman–Crippen LogP) is 4.80. The average molecular weight is 341 g/mol. The molecule has 0 saturated carbocycles. The Morgan fingerprint density at radius 3 is 2.50 bits per heavy atom. The molecular formula is C20H21ClN2O. The van der Waals surface area contributed by atoms with Gasteiger partial charge in [-0.05, 0) is 49.2 Å². The van der Waals surface area contributed by atoms with Crippen LogP contribution < -0.4 is 10.1 Å². The summed E-state index contributed by atoms with van der Waals surface area (Å²) in [5.41, 5.74) is 5.59. The standard InChI is InChI=1S/C20H21ClN2O/c1-13-8-14(2)19-16(9-13)10-17(20(21)23-19)12-22-11-15-4-6-18(24-3)7-5-15/h4-10,22H,11-12H2,1-3H3. The molecule has 1 N–H and O–H groups in total. The SMILES string of the molecule is COc1ccc(CNCc2cc3cc(C)cc(C)c3nc2Cl)cc1. The van der Waals surface area contributed by atoms with Crippen molar-refractivity contribution in [1.29, 1.82) is 0 Å². The Labute approximate surface area is 147 Å². The van der Waals surface area contributed by atoms with E-state index in [1.54, 1.807) is 7.11 Å². The molecule has 3 aromatic rings. The van der Waals surface area contributed by atoms with Crippen molar-refractivity contribution in [3.8, 4) is 5.75 Å². The molecule has 0 aliphatic rings. The largest absolute Gasteiger partial charge is 0.497 e. The summed E-state index contributed by atoms with van der Waals surface area (Å²) in [6, 6.07) is 14.5. The van der Waals surface area contributed by atoms with E-state index in [-0.39, 0.29) is 0 Å². The van der Waals surface area contributed by atoms with Gasteiger partial charge in [-0.1, -0.05) is 35.4 Å². The van der Waals surface area contributed by atoms with Crippen molar-refractivity contribution in [3.63, 3.8) is 0 Å². The van der Waals surface area contributed by atoms with E-state index in [2.05, 4.69) is 54.5 Å². The molecular weight excluding hydrogens is 320 g/mol. The number of aryl methyl sites for hydroxylation is 2. The Hall–Kier alpha value is -2.10. The number of nitrogens with one attached hydrogen (secondary N) is 1. The fourth-order valence-corrected chi connectivity index (χ4v) is 3.09. The van der Waals surface area contributed by atoms with Crippen LogP contribution in [0.5, 0.6) is 5.75 Å². The molecule has 0 bridgehead atoms. The maximum atomic E-state index is 6.37. The Kier molecular flexibility index (Phi) is 5.03. The summed E-state index contributed by atoms with van der Waals surface area (Å²) in [6.45, 7) is 5.62. The quantitative estimate of drug-likeness (QED) is 0.677. The highest BCUT2D eigenvalue weighted by atomic mass is 35.5. The first-order valence-corrected chi connectivity index (χ1v) is 8.34. The van der Waals surface area contributed by atoms with E-state index in [4.69, 9.17) is 16.3 Å². The van der Waals surface area contributed by atoms with Gasteiger partial charge in [-0.25, -0.2) is 4.98 Å². The summed E-state index contributed by atoms with van der Waals surface area (Å²) in [4.78, 5) is 4.57. The summed E-state index contributed by atoms with van der Waals surface area (Å²) in [5.74, 6) is 0.867. The van der Waals surface area contributed by atoms with Crippen molar-refractivity contribution in [1.82, 2.24) is 10.3 Å². The minimum absolute atomic E-state index is 0.566. The van der Waals surface area contributed by atoms with Gasteiger partial charge in [0, 0.05) is 24.0 Å². The Morgan fingerprint density at radius 2 is 1.79 bits per heavy atom. The van der Waals surface area contributed by atoms with Gasteiger partial charge in [-0.15, -0.1) is 0 Å². The van der Waals surface area contributed by atoms with Crippen LogP contribution in [0.25, 0.3) is 10.9 Å². The molecule has 124 valence electrons. The van der Waals surface area contributed by atoms with Crippen LogP contribution in [0.3, 0.4) is 0 Å². The zero-order valence-electron chi connectivity index (χ0n) is 14.2. The number of halogens is 1. The molecule has 3 rings (SSSR count). The van der Waals surface area contributed by atoms with Crippen molar-refractivity contribution in [3.05, 3.63) is 69.9 Å². The number of nitrogens with zero attached hydrogens (tertiary/aromatic N) is 1. The van der Waals surface area contributed by atoms with Crippen LogP contribution >= 0.6 is 11.6 Å². The van der Waals surface area contributed by atoms with Gasteiger partial charge in [0.2, 0.25) is 0 Å². The Morgan fingerprint density at radius 1 is 1.04 bits per heavy atom. The highest BCUT2D eigenvalue weighted by molar-refractivity contribution is 6.30. The molecule has 0 aliphatic carbocycles. The van der Waals surface area contributed by atoms with Gasteiger partial charge >= 0.3 is 0 Å². The van der Waals surface area contributed by atoms with Crippen LogP contribution in [0.1, 0.15) is 22.3 Å². The molecule has 24 heavy (non-hydrogen) atoms. The number of fused-ring (bicyclic) bond motifs is 1. The second-order valence-electron chi connectivity index (χ2n) is 6.04. The summed E-state index contributed by atoms with van der Waals surface area (Å²) in [5, 5.41) is 5.13. The summed E-state index contributed by atoms with van der Waals surface area (Å²) < 4.78 is 5.17. The van der Waals surface area contributed by atoms with Crippen LogP contribution in [0.4, 0.5) is 0 Å². The number of ether oxygens (including phenoxy) is 1. The summed E-state index contributed by atoms with van der Waals surface area (Å²) in [7, 11) is 1.67. The molecule has 0 fully saturated rings. The van der Waals surface area contributed by atoms with Gasteiger partial charge in [0.15, 0.2) is 0 Å². The van der Waals surface area contributed by atoms with E-state index in [1.165, 1.54) is 11.1 Å². The van der Waals surface area contributed by atoms with Gasteiger partial charge in [0.25, 0.3) is 0 Å². The lowest BCUT2D eigenvalue weighted by atomic mass is 10.1. The van der Waals surface area contributed by atoms with E-state index in [1.807, 2.05) is 12.1 Å². The van der Waals surface area contributed by atoms with E-state index in [0.717, 1.165) is 34.3 Å². The topological polar surface area (TPSA) is 34.1 Å². The molecule has 0 radical (unpaired) electrons. The molecule has 2 aromatic carbocycles. The molecule has 0 atom stereocenters. The maximum Gasteiger partial charge on any atom is 0.134 e. The molecule has 0 spiro atoms. The minimum Gasteiger partial charge on any atom is -0.497 e. The van der Waals surface area contributed by atoms with Crippen LogP contribution in [0.2, 0.25) is 5.15 Å².